The van der Waals surface area contributed by atoms with Gasteiger partial charge in [0.05, 0.1) is 21.4 Å². The molecule has 0 aliphatic carbocycles. The summed E-state index contributed by atoms with van der Waals surface area (Å²) in [6, 6.07) is 9.70. The molecule has 7 heteroatoms. The van der Waals surface area contributed by atoms with E-state index in [-0.39, 0.29) is 5.91 Å². The van der Waals surface area contributed by atoms with Crippen molar-refractivity contribution >= 4 is 51.4 Å². The molecule has 0 saturated carbocycles. The van der Waals surface area contributed by atoms with Crippen LogP contribution in [0.5, 0.6) is 0 Å². The van der Waals surface area contributed by atoms with E-state index in [1.807, 2.05) is 49.6 Å². The first kappa shape index (κ1) is 18.9. The number of anilines is 2. The van der Waals surface area contributed by atoms with E-state index in [1.165, 1.54) is 18.3 Å². The number of thioether (sulfide) groups is 1. The van der Waals surface area contributed by atoms with E-state index in [2.05, 4.69) is 9.97 Å². The Kier molecular flexibility index (Phi) is 5.96. The Labute approximate surface area is 166 Å². The molecule has 2 heterocycles. The van der Waals surface area contributed by atoms with Crippen LogP contribution in [0, 0.1) is 13.8 Å². The van der Waals surface area contributed by atoms with Crippen molar-refractivity contribution in [3.63, 3.8) is 0 Å². The number of benzene rings is 1. The lowest BCUT2D eigenvalue weighted by molar-refractivity contribution is -0.115. The third kappa shape index (κ3) is 4.26. The molecule has 0 N–H and O–H groups in total. The molecule has 0 aliphatic heterocycles. The number of carbonyl (C=O) groups is 1. The Morgan fingerprint density at radius 3 is 2.77 bits per heavy atom. The van der Waals surface area contributed by atoms with Crippen molar-refractivity contribution in [2.75, 3.05) is 4.90 Å². The summed E-state index contributed by atoms with van der Waals surface area (Å²) in [7, 11) is 0. The Morgan fingerprint density at radius 2 is 2.12 bits per heavy atom. The summed E-state index contributed by atoms with van der Waals surface area (Å²) < 4.78 is 0. The number of hydrogen-bond acceptors (Lipinski definition) is 5. The Balaban J connectivity index is 1.86. The highest BCUT2D eigenvalue weighted by atomic mass is 35.5. The van der Waals surface area contributed by atoms with Gasteiger partial charge in [-0.25, -0.2) is 9.97 Å². The van der Waals surface area contributed by atoms with Gasteiger partial charge in [-0.15, -0.1) is 23.1 Å². The van der Waals surface area contributed by atoms with Crippen LogP contribution in [0.2, 0.25) is 5.02 Å². The molecule has 0 saturated heterocycles. The maximum Gasteiger partial charge on any atom is 0.230 e. The zero-order valence-corrected chi connectivity index (χ0v) is 17.1. The molecule has 0 aliphatic rings. The normalized spacial score (nSPS) is 10.8. The molecule has 26 heavy (non-hydrogen) atoms. The topological polar surface area (TPSA) is 46.1 Å². The van der Waals surface area contributed by atoms with Gasteiger partial charge in [0.2, 0.25) is 5.91 Å². The van der Waals surface area contributed by atoms with Crippen LogP contribution in [-0.4, -0.2) is 15.9 Å². The van der Waals surface area contributed by atoms with E-state index in [9.17, 15) is 4.79 Å². The Morgan fingerprint density at radius 1 is 1.31 bits per heavy atom. The van der Waals surface area contributed by atoms with E-state index < -0.39 is 0 Å². The minimum absolute atomic E-state index is 0.114. The maximum atomic E-state index is 12.3. The van der Waals surface area contributed by atoms with Crippen LogP contribution >= 0.6 is 34.7 Å². The number of rotatable bonds is 5. The number of hydrogen-bond donors (Lipinski definition) is 0. The van der Waals surface area contributed by atoms with E-state index >= 15 is 0 Å². The standard InChI is InChI=1S/C19H18ClN3OS2/c1-12-8-13(2)18(16(20)9-12)23(14(3)24)19-22-15(11-26-19)10-25-17-6-4-5-7-21-17/h4-9,11H,10H2,1-3H3. The minimum Gasteiger partial charge on any atom is -0.274 e. The third-order valence-corrected chi connectivity index (χ3v) is 5.81. The van der Waals surface area contributed by atoms with Crippen LogP contribution in [0.25, 0.3) is 0 Å². The van der Waals surface area contributed by atoms with Gasteiger partial charge in [0, 0.05) is 24.3 Å². The summed E-state index contributed by atoms with van der Waals surface area (Å²) in [5.41, 5.74) is 3.62. The smallest absolute Gasteiger partial charge is 0.230 e. The van der Waals surface area contributed by atoms with Gasteiger partial charge in [-0.1, -0.05) is 23.7 Å². The van der Waals surface area contributed by atoms with Crippen molar-refractivity contribution in [3.05, 3.63) is 63.8 Å². The lowest BCUT2D eigenvalue weighted by Gasteiger charge is -2.22. The highest BCUT2D eigenvalue weighted by Crippen LogP contribution is 2.37. The van der Waals surface area contributed by atoms with Crippen molar-refractivity contribution in [2.45, 2.75) is 31.6 Å². The molecule has 1 amide bonds. The van der Waals surface area contributed by atoms with Gasteiger partial charge < -0.3 is 0 Å². The number of halogens is 1. The molecular weight excluding hydrogens is 386 g/mol. The second-order valence-electron chi connectivity index (χ2n) is 5.84. The van der Waals surface area contributed by atoms with Crippen LogP contribution in [0.1, 0.15) is 23.7 Å². The quantitative estimate of drug-likeness (QED) is 0.506. The van der Waals surface area contributed by atoms with Gasteiger partial charge in [-0.05, 0) is 43.2 Å². The van der Waals surface area contributed by atoms with Gasteiger partial charge in [0.15, 0.2) is 5.13 Å². The Bertz CT molecular complexity index is 905. The number of aryl methyl sites for hydroxylation is 2. The van der Waals surface area contributed by atoms with Crippen LogP contribution in [-0.2, 0) is 10.5 Å². The summed E-state index contributed by atoms with van der Waals surface area (Å²) in [5, 5.41) is 4.10. The number of carbonyl (C=O) groups excluding carboxylic acids is 1. The third-order valence-electron chi connectivity index (χ3n) is 3.67. The van der Waals surface area contributed by atoms with E-state index in [0.29, 0.717) is 21.6 Å². The lowest BCUT2D eigenvalue weighted by Crippen LogP contribution is -2.24. The molecule has 0 bridgehead atoms. The van der Waals surface area contributed by atoms with Crippen molar-refractivity contribution in [1.82, 2.24) is 9.97 Å². The molecular formula is C19H18ClN3OS2. The molecule has 3 rings (SSSR count). The summed E-state index contributed by atoms with van der Waals surface area (Å²) in [4.78, 5) is 22.9. The monoisotopic (exact) mass is 403 g/mol. The van der Waals surface area contributed by atoms with Crippen LogP contribution < -0.4 is 4.90 Å². The largest absolute Gasteiger partial charge is 0.274 e. The SMILES string of the molecule is CC(=O)N(c1nc(CSc2ccccn2)cs1)c1c(C)cc(C)cc1Cl. The van der Waals surface area contributed by atoms with Crippen LogP contribution in [0.3, 0.4) is 0 Å². The molecule has 134 valence electrons. The van der Waals surface area contributed by atoms with Gasteiger partial charge in [0.1, 0.15) is 0 Å². The van der Waals surface area contributed by atoms with Gasteiger partial charge in [0.25, 0.3) is 0 Å². The van der Waals surface area contributed by atoms with Crippen molar-refractivity contribution in [1.29, 1.82) is 0 Å². The fourth-order valence-electron chi connectivity index (χ4n) is 2.62. The van der Waals surface area contributed by atoms with E-state index in [0.717, 1.165) is 21.8 Å². The predicted molar refractivity (Wildman–Crippen MR) is 110 cm³/mol. The minimum atomic E-state index is -0.114. The average Bonchev–Trinajstić information content (AvgIpc) is 3.05. The fraction of sp³-hybridized carbons (Fsp3) is 0.211. The van der Waals surface area contributed by atoms with Crippen LogP contribution in [0.15, 0.2) is 46.9 Å². The summed E-state index contributed by atoms with van der Waals surface area (Å²) in [6.07, 6.45) is 1.77. The van der Waals surface area contributed by atoms with Crippen LogP contribution in [0.4, 0.5) is 10.8 Å². The number of pyridine rings is 1. The first-order chi connectivity index (χ1) is 12.5. The molecule has 0 atom stereocenters. The lowest BCUT2D eigenvalue weighted by atomic mass is 10.1. The molecule has 3 aromatic rings. The molecule has 2 aromatic heterocycles. The van der Waals surface area contributed by atoms with Gasteiger partial charge in [-0.2, -0.15) is 0 Å². The molecule has 0 fully saturated rings. The molecule has 0 unspecified atom stereocenters. The Hall–Kier alpha value is -1.89. The highest BCUT2D eigenvalue weighted by molar-refractivity contribution is 7.98. The number of thiazole rings is 1. The molecule has 0 spiro atoms. The second kappa shape index (κ2) is 8.20. The summed E-state index contributed by atoms with van der Waals surface area (Å²) in [6.45, 7) is 5.46. The first-order valence-corrected chi connectivity index (χ1v) is 10.3. The van der Waals surface area contributed by atoms with Gasteiger partial charge in [-0.3, -0.25) is 9.69 Å². The highest BCUT2D eigenvalue weighted by Gasteiger charge is 2.22. The maximum absolute atomic E-state index is 12.3. The molecule has 4 nitrogen and oxygen atoms in total. The zero-order chi connectivity index (χ0) is 18.7. The van der Waals surface area contributed by atoms with E-state index in [1.54, 1.807) is 22.9 Å². The van der Waals surface area contributed by atoms with Gasteiger partial charge >= 0.3 is 0 Å². The average molecular weight is 404 g/mol. The van der Waals surface area contributed by atoms with Crippen molar-refractivity contribution < 1.29 is 4.79 Å². The zero-order valence-electron chi connectivity index (χ0n) is 14.7. The number of nitrogens with zero attached hydrogens (tertiary/aromatic N) is 3. The number of aromatic nitrogens is 2. The van der Waals surface area contributed by atoms with E-state index in [4.69, 9.17) is 11.6 Å². The molecule has 0 radical (unpaired) electrons. The summed E-state index contributed by atoms with van der Waals surface area (Å²) in [5.74, 6) is 0.581. The fourth-order valence-corrected chi connectivity index (χ4v) is 4.76. The van der Waals surface area contributed by atoms with Crippen molar-refractivity contribution in [3.8, 4) is 0 Å². The first-order valence-electron chi connectivity index (χ1n) is 8.01. The van der Waals surface area contributed by atoms with Crippen molar-refractivity contribution in [2.24, 2.45) is 0 Å². The molecule has 1 aromatic carbocycles. The summed E-state index contributed by atoms with van der Waals surface area (Å²) >= 11 is 9.50. The number of amides is 1. The predicted octanol–water partition coefficient (Wildman–Crippen LogP) is 5.79. The second-order valence-corrected chi connectivity index (χ2v) is 8.08.